The van der Waals surface area contributed by atoms with Crippen LogP contribution in [-0.4, -0.2) is 120 Å². The fourth-order valence-electron chi connectivity index (χ4n) is 3.80. The third-order valence-electron chi connectivity index (χ3n) is 5.34. The number of aliphatic hydroxyl groups is 3. The van der Waals surface area contributed by atoms with Gasteiger partial charge in [0.2, 0.25) is 6.29 Å². The van der Waals surface area contributed by atoms with Crippen LogP contribution >= 0.6 is 0 Å². The number of hydrogen-bond donors (Lipinski definition) is 3. The largest absolute Gasteiger partial charge is 0.463 e. The van der Waals surface area contributed by atoms with Gasteiger partial charge in [0, 0.05) is 34.6 Å². The van der Waals surface area contributed by atoms with E-state index in [1.54, 1.807) is 0 Å². The Morgan fingerprint density at radius 3 is 1.50 bits per heavy atom. The number of carbonyl (C=O) groups is 5. The van der Waals surface area contributed by atoms with Gasteiger partial charge in [-0.15, -0.1) is 0 Å². The summed E-state index contributed by atoms with van der Waals surface area (Å²) >= 11 is 0. The van der Waals surface area contributed by atoms with Gasteiger partial charge in [0.1, 0.15) is 43.7 Å². The van der Waals surface area contributed by atoms with Crippen molar-refractivity contribution in [2.45, 2.75) is 96.0 Å². The fraction of sp³-hybridized carbons (Fsp3) is 0.773. The number of ether oxygens (including phenoxy) is 8. The van der Waals surface area contributed by atoms with Gasteiger partial charge in [-0.05, 0) is 0 Å². The maximum atomic E-state index is 11.9. The second-order valence-corrected chi connectivity index (χ2v) is 8.52. The van der Waals surface area contributed by atoms with Crippen molar-refractivity contribution in [1.82, 2.24) is 0 Å². The minimum atomic E-state index is -1.88. The second-order valence-electron chi connectivity index (χ2n) is 8.52. The van der Waals surface area contributed by atoms with E-state index in [2.05, 4.69) is 0 Å². The van der Waals surface area contributed by atoms with Crippen molar-refractivity contribution in [2.24, 2.45) is 0 Å². The summed E-state index contributed by atoms with van der Waals surface area (Å²) in [5.74, 6) is -4.03. The van der Waals surface area contributed by atoms with Crippen LogP contribution in [0.15, 0.2) is 0 Å². The summed E-state index contributed by atoms with van der Waals surface area (Å²) in [4.78, 5) is 58.2. The summed E-state index contributed by atoms with van der Waals surface area (Å²) < 4.78 is 42.4. The lowest BCUT2D eigenvalue weighted by Crippen LogP contribution is -2.65. The molecule has 0 spiro atoms. The van der Waals surface area contributed by atoms with Gasteiger partial charge in [-0.3, -0.25) is 24.0 Å². The molecule has 2 saturated heterocycles. The highest BCUT2D eigenvalue weighted by molar-refractivity contribution is 5.68. The molecule has 2 aliphatic rings. The van der Waals surface area contributed by atoms with Crippen LogP contribution in [0.25, 0.3) is 0 Å². The third-order valence-corrected chi connectivity index (χ3v) is 5.34. The average Bonchev–Trinajstić information content (AvgIpc) is 2.80. The molecule has 16 heteroatoms. The predicted molar refractivity (Wildman–Crippen MR) is 116 cm³/mol. The summed E-state index contributed by atoms with van der Waals surface area (Å²) in [7, 11) is 0. The molecule has 2 aliphatic heterocycles. The van der Waals surface area contributed by atoms with E-state index in [0.717, 1.165) is 34.6 Å². The van der Waals surface area contributed by atoms with Gasteiger partial charge >= 0.3 is 29.8 Å². The average molecular weight is 552 g/mol. The quantitative estimate of drug-likeness (QED) is 0.198. The van der Waals surface area contributed by atoms with Crippen molar-refractivity contribution >= 4 is 29.8 Å². The Morgan fingerprint density at radius 2 is 1.00 bits per heavy atom. The van der Waals surface area contributed by atoms with Crippen LogP contribution < -0.4 is 0 Å². The number of rotatable bonds is 9. The highest BCUT2D eigenvalue weighted by atomic mass is 16.8. The van der Waals surface area contributed by atoms with Gasteiger partial charge in [-0.2, -0.15) is 0 Å². The minimum absolute atomic E-state index is 0.515. The smallest absolute Gasteiger partial charge is 0.303 e. The molecule has 10 atom stereocenters. The predicted octanol–water partition coefficient (Wildman–Crippen LogP) is -2.54. The number of aliphatic hydroxyl groups excluding tert-OH is 3. The van der Waals surface area contributed by atoms with E-state index in [0.29, 0.717) is 0 Å². The van der Waals surface area contributed by atoms with Crippen molar-refractivity contribution in [3.8, 4) is 0 Å². The molecule has 2 rings (SSSR count). The van der Waals surface area contributed by atoms with E-state index in [1.807, 2.05) is 0 Å². The van der Waals surface area contributed by atoms with Crippen LogP contribution in [0, 0.1) is 0 Å². The van der Waals surface area contributed by atoms with Crippen LogP contribution in [0.3, 0.4) is 0 Å². The Bertz CT molecular complexity index is 875. The van der Waals surface area contributed by atoms with E-state index < -0.39 is 104 Å². The molecule has 2 fully saturated rings. The van der Waals surface area contributed by atoms with E-state index in [9.17, 15) is 39.3 Å². The first-order chi connectivity index (χ1) is 17.7. The topological polar surface area (TPSA) is 220 Å². The Balaban J connectivity index is 2.42. The first-order valence-corrected chi connectivity index (χ1v) is 11.5. The lowest BCUT2D eigenvalue weighted by molar-refractivity contribution is -0.377. The summed E-state index contributed by atoms with van der Waals surface area (Å²) in [5, 5.41) is 31.0. The zero-order valence-corrected chi connectivity index (χ0v) is 21.3. The standard InChI is InChI=1S/C22H32O16/c1-8(23)31-6-13-15(28)16(29)17(30)21(36-13)38-22-20(35-12(5)27)19(34-11(4)26)18(33-10(3)25)14(37-22)7-32-9(2)24/h13-22,28-30H,6-7H2,1-5H3/t13?,14?,15-,16?,17?,18-,19?,20?,21-,22-/m1/s1. The lowest BCUT2D eigenvalue weighted by atomic mass is 9.97. The molecule has 0 aromatic heterocycles. The van der Waals surface area contributed by atoms with E-state index >= 15 is 0 Å². The van der Waals surface area contributed by atoms with Gasteiger partial charge in [-0.25, -0.2) is 0 Å². The molecule has 0 aliphatic carbocycles. The van der Waals surface area contributed by atoms with Crippen LogP contribution in [0.1, 0.15) is 34.6 Å². The minimum Gasteiger partial charge on any atom is -0.463 e. The van der Waals surface area contributed by atoms with Crippen molar-refractivity contribution in [3.63, 3.8) is 0 Å². The number of hydrogen-bond acceptors (Lipinski definition) is 16. The maximum Gasteiger partial charge on any atom is 0.303 e. The van der Waals surface area contributed by atoms with Gasteiger partial charge in [0.05, 0.1) is 0 Å². The highest BCUT2D eigenvalue weighted by Crippen LogP contribution is 2.32. The zero-order chi connectivity index (χ0) is 28.7. The highest BCUT2D eigenvalue weighted by Gasteiger charge is 2.55. The lowest BCUT2D eigenvalue weighted by Gasteiger charge is -2.46. The summed E-state index contributed by atoms with van der Waals surface area (Å²) in [6.45, 7) is 4.28. The molecule has 0 bridgehead atoms. The fourth-order valence-corrected chi connectivity index (χ4v) is 3.80. The Labute approximate surface area is 216 Å². The van der Waals surface area contributed by atoms with E-state index in [1.165, 1.54) is 0 Å². The molecule has 38 heavy (non-hydrogen) atoms. The first-order valence-electron chi connectivity index (χ1n) is 11.5. The van der Waals surface area contributed by atoms with Gasteiger partial charge in [-0.1, -0.05) is 0 Å². The molecule has 16 nitrogen and oxygen atoms in total. The van der Waals surface area contributed by atoms with Crippen LogP contribution in [0.5, 0.6) is 0 Å². The maximum absolute atomic E-state index is 11.9. The summed E-state index contributed by atoms with van der Waals surface area (Å²) in [5.41, 5.74) is 0. The first kappa shape index (κ1) is 31.3. The van der Waals surface area contributed by atoms with Crippen LogP contribution in [0.4, 0.5) is 0 Å². The van der Waals surface area contributed by atoms with Gasteiger partial charge < -0.3 is 53.2 Å². The molecule has 6 unspecified atom stereocenters. The van der Waals surface area contributed by atoms with Crippen molar-refractivity contribution < 1.29 is 77.2 Å². The molecule has 0 aromatic carbocycles. The summed E-state index contributed by atoms with van der Waals surface area (Å²) in [6, 6.07) is 0. The van der Waals surface area contributed by atoms with Crippen LogP contribution in [-0.2, 0) is 61.9 Å². The monoisotopic (exact) mass is 552 g/mol. The van der Waals surface area contributed by atoms with Crippen molar-refractivity contribution in [3.05, 3.63) is 0 Å². The summed E-state index contributed by atoms with van der Waals surface area (Å²) in [6.07, 6.45) is -16.2. The molecule has 0 amide bonds. The molecular weight excluding hydrogens is 520 g/mol. The van der Waals surface area contributed by atoms with Crippen molar-refractivity contribution in [1.29, 1.82) is 0 Å². The third kappa shape index (κ3) is 8.57. The molecular formula is C22H32O16. The molecule has 0 saturated carbocycles. The number of carbonyl (C=O) groups excluding carboxylic acids is 5. The van der Waals surface area contributed by atoms with E-state index in [-0.39, 0.29) is 0 Å². The van der Waals surface area contributed by atoms with Gasteiger partial charge in [0.25, 0.3) is 0 Å². The zero-order valence-electron chi connectivity index (χ0n) is 21.3. The molecule has 3 N–H and O–H groups in total. The van der Waals surface area contributed by atoms with Crippen molar-refractivity contribution in [2.75, 3.05) is 13.2 Å². The molecule has 0 aromatic rings. The Hall–Kier alpha value is -2.89. The molecule has 2 heterocycles. The SMILES string of the molecule is CC(=O)OCC1O[C@H](O[C@H]2OC(COC(C)=O)[C@@H](OC(C)=O)C(OC(C)=O)C2OC(C)=O)C(O)C(O)[C@@H]1O. The van der Waals surface area contributed by atoms with Gasteiger partial charge in [0.15, 0.2) is 24.6 Å². The Kier molecular flexibility index (Phi) is 11.4. The number of esters is 5. The Morgan fingerprint density at radius 1 is 0.553 bits per heavy atom. The van der Waals surface area contributed by atoms with Crippen LogP contribution in [0.2, 0.25) is 0 Å². The molecule has 0 radical (unpaired) electrons. The normalized spacial score (nSPS) is 34.9. The second kappa shape index (κ2) is 13.8. The molecule has 216 valence electrons. The van der Waals surface area contributed by atoms with E-state index in [4.69, 9.17) is 37.9 Å².